The number of piperazine rings is 1. The van der Waals surface area contributed by atoms with E-state index in [0.717, 1.165) is 66.3 Å². The molecule has 7 heteroatoms. The summed E-state index contributed by atoms with van der Waals surface area (Å²) in [5, 5.41) is 11.2. The van der Waals surface area contributed by atoms with Crippen molar-refractivity contribution in [2.75, 3.05) is 44.2 Å². The summed E-state index contributed by atoms with van der Waals surface area (Å²) < 4.78 is 5.69. The van der Waals surface area contributed by atoms with Gasteiger partial charge in [0.1, 0.15) is 30.1 Å². The Bertz CT molecular complexity index is 1040. The van der Waals surface area contributed by atoms with E-state index in [-0.39, 0.29) is 0 Å². The van der Waals surface area contributed by atoms with E-state index < -0.39 is 6.10 Å². The van der Waals surface area contributed by atoms with E-state index in [1.807, 2.05) is 49.4 Å². The molecular formula is C26H31ClN4O2. The van der Waals surface area contributed by atoms with Crippen molar-refractivity contribution >= 4 is 17.4 Å². The summed E-state index contributed by atoms with van der Waals surface area (Å²) in [6, 6.07) is 17.6. The quantitative estimate of drug-likeness (QED) is 0.543. The fourth-order valence-corrected chi connectivity index (χ4v) is 4.32. The predicted molar refractivity (Wildman–Crippen MR) is 132 cm³/mol. The van der Waals surface area contributed by atoms with Crippen molar-refractivity contribution < 1.29 is 9.84 Å². The summed E-state index contributed by atoms with van der Waals surface area (Å²) in [7, 11) is 0. The fraction of sp³-hybridized carbons (Fsp3) is 0.385. The highest BCUT2D eigenvalue weighted by atomic mass is 35.5. The number of rotatable bonds is 8. The minimum Gasteiger partial charge on any atom is -0.491 e. The van der Waals surface area contributed by atoms with Crippen LogP contribution in [0.3, 0.4) is 0 Å². The molecule has 2 aromatic carbocycles. The van der Waals surface area contributed by atoms with Crippen molar-refractivity contribution in [3.63, 3.8) is 0 Å². The zero-order chi connectivity index (χ0) is 23.2. The molecule has 0 bridgehead atoms. The minimum atomic E-state index is -0.527. The van der Waals surface area contributed by atoms with Gasteiger partial charge in [-0.3, -0.25) is 4.90 Å². The highest BCUT2D eigenvalue weighted by molar-refractivity contribution is 6.30. The Morgan fingerprint density at radius 2 is 1.67 bits per heavy atom. The van der Waals surface area contributed by atoms with Gasteiger partial charge >= 0.3 is 0 Å². The first kappa shape index (κ1) is 23.5. The number of hydrogen-bond donors (Lipinski definition) is 1. The third kappa shape index (κ3) is 6.44. The Kier molecular flexibility index (Phi) is 7.81. The average molecular weight is 467 g/mol. The van der Waals surface area contributed by atoms with E-state index in [4.69, 9.17) is 21.3 Å². The van der Waals surface area contributed by atoms with Crippen LogP contribution in [0.2, 0.25) is 5.02 Å². The van der Waals surface area contributed by atoms with Crippen LogP contribution in [-0.4, -0.2) is 65.4 Å². The summed E-state index contributed by atoms with van der Waals surface area (Å²) in [6.07, 6.45) is 0.245. The van der Waals surface area contributed by atoms with Crippen LogP contribution in [-0.2, 0) is 6.42 Å². The lowest BCUT2D eigenvalue weighted by molar-refractivity contribution is 0.0662. The van der Waals surface area contributed by atoms with Gasteiger partial charge in [0.15, 0.2) is 0 Å². The first-order valence-electron chi connectivity index (χ1n) is 11.4. The molecule has 2 heterocycles. The van der Waals surface area contributed by atoms with Gasteiger partial charge < -0.3 is 14.7 Å². The van der Waals surface area contributed by atoms with Gasteiger partial charge in [0.25, 0.3) is 0 Å². The highest BCUT2D eigenvalue weighted by Gasteiger charge is 2.23. The maximum absolute atomic E-state index is 10.4. The molecule has 1 unspecified atom stereocenters. The van der Waals surface area contributed by atoms with Crippen molar-refractivity contribution in [2.24, 2.45) is 0 Å². The lowest BCUT2D eigenvalue weighted by atomic mass is 10.0. The summed E-state index contributed by atoms with van der Waals surface area (Å²) in [5.41, 5.74) is 3.37. The smallest absolute Gasteiger partial charge is 0.136 e. The molecule has 1 N–H and O–H groups in total. The monoisotopic (exact) mass is 466 g/mol. The summed E-state index contributed by atoms with van der Waals surface area (Å²) in [4.78, 5) is 14.1. The van der Waals surface area contributed by atoms with Crippen LogP contribution < -0.4 is 9.64 Å². The molecule has 3 aromatic rings. The van der Waals surface area contributed by atoms with Crippen LogP contribution in [0.5, 0.6) is 5.75 Å². The van der Waals surface area contributed by atoms with Gasteiger partial charge in [0.2, 0.25) is 0 Å². The summed E-state index contributed by atoms with van der Waals surface area (Å²) in [6.45, 7) is 8.34. The molecule has 0 spiro atoms. The predicted octanol–water partition coefficient (Wildman–Crippen LogP) is 3.90. The Labute approximate surface area is 200 Å². The number of para-hydroxylation sites is 1. The molecule has 1 fully saturated rings. The molecule has 4 rings (SSSR count). The zero-order valence-electron chi connectivity index (χ0n) is 19.2. The molecule has 33 heavy (non-hydrogen) atoms. The fourth-order valence-electron chi connectivity index (χ4n) is 4.19. The van der Waals surface area contributed by atoms with Crippen LogP contribution in [0.25, 0.3) is 0 Å². The number of aryl methyl sites for hydroxylation is 2. The number of aliphatic hydroxyl groups is 1. The van der Waals surface area contributed by atoms with Crippen molar-refractivity contribution in [1.29, 1.82) is 0 Å². The highest BCUT2D eigenvalue weighted by Crippen LogP contribution is 2.25. The standard InChI is InChI=1S/C26H31ClN4O2/c1-19-25(16-21-8-10-22(27)11-9-21)26(29-20(2)28-19)31-14-12-30(13-15-31)17-23(32)18-33-24-6-4-3-5-7-24/h3-11,23,32H,12-18H2,1-2H3. The molecule has 1 atom stereocenters. The number of halogens is 1. The van der Waals surface area contributed by atoms with Gasteiger partial charge in [-0.1, -0.05) is 41.9 Å². The molecule has 174 valence electrons. The normalized spacial score (nSPS) is 15.5. The van der Waals surface area contributed by atoms with E-state index in [0.29, 0.717) is 13.2 Å². The largest absolute Gasteiger partial charge is 0.491 e. The molecule has 6 nitrogen and oxygen atoms in total. The van der Waals surface area contributed by atoms with E-state index in [1.165, 1.54) is 5.56 Å². The number of aromatic nitrogens is 2. The van der Waals surface area contributed by atoms with Crippen LogP contribution in [0.4, 0.5) is 5.82 Å². The van der Waals surface area contributed by atoms with Gasteiger partial charge in [-0.15, -0.1) is 0 Å². The van der Waals surface area contributed by atoms with Gasteiger partial charge in [-0.2, -0.15) is 0 Å². The van der Waals surface area contributed by atoms with E-state index in [2.05, 4.69) is 33.8 Å². The molecule has 1 aromatic heterocycles. The second-order valence-electron chi connectivity index (χ2n) is 8.53. The average Bonchev–Trinajstić information content (AvgIpc) is 2.82. The maximum Gasteiger partial charge on any atom is 0.136 e. The van der Waals surface area contributed by atoms with Gasteiger partial charge in [0, 0.05) is 55.4 Å². The first-order valence-corrected chi connectivity index (χ1v) is 11.8. The van der Waals surface area contributed by atoms with Crippen LogP contribution in [0.15, 0.2) is 54.6 Å². The number of β-amino-alcohol motifs (C(OH)–C–C–N with tert-alkyl or cyclic N) is 1. The van der Waals surface area contributed by atoms with Crippen molar-refractivity contribution in [3.05, 3.63) is 82.3 Å². The number of ether oxygens (including phenoxy) is 1. The van der Waals surface area contributed by atoms with E-state index in [9.17, 15) is 5.11 Å². The minimum absolute atomic E-state index is 0.291. The molecule has 0 saturated carbocycles. The van der Waals surface area contributed by atoms with E-state index in [1.54, 1.807) is 0 Å². The lowest BCUT2D eigenvalue weighted by Crippen LogP contribution is -2.49. The number of hydrogen-bond acceptors (Lipinski definition) is 6. The van der Waals surface area contributed by atoms with Crippen molar-refractivity contribution in [3.8, 4) is 5.75 Å². The molecule has 1 aliphatic heterocycles. The summed E-state index contributed by atoms with van der Waals surface area (Å²) >= 11 is 6.06. The molecule has 1 saturated heterocycles. The topological polar surface area (TPSA) is 61.7 Å². The maximum atomic E-state index is 10.4. The Morgan fingerprint density at radius 3 is 2.36 bits per heavy atom. The number of benzene rings is 2. The molecule has 0 amide bonds. The first-order chi connectivity index (χ1) is 16.0. The Hall–Kier alpha value is -2.67. The third-order valence-electron chi connectivity index (χ3n) is 5.92. The van der Waals surface area contributed by atoms with Crippen LogP contribution >= 0.6 is 11.6 Å². The van der Waals surface area contributed by atoms with Gasteiger partial charge in [-0.05, 0) is 43.7 Å². The third-order valence-corrected chi connectivity index (χ3v) is 6.18. The molecule has 0 radical (unpaired) electrons. The number of anilines is 1. The zero-order valence-corrected chi connectivity index (χ0v) is 20.0. The lowest BCUT2D eigenvalue weighted by Gasteiger charge is -2.37. The second kappa shape index (κ2) is 11.0. The Balaban J connectivity index is 1.36. The number of aliphatic hydroxyl groups excluding tert-OH is 1. The summed E-state index contributed by atoms with van der Waals surface area (Å²) in [5.74, 6) is 2.59. The van der Waals surface area contributed by atoms with E-state index >= 15 is 0 Å². The van der Waals surface area contributed by atoms with Crippen LogP contribution in [0.1, 0.15) is 22.6 Å². The van der Waals surface area contributed by atoms with Gasteiger partial charge in [-0.25, -0.2) is 9.97 Å². The molecule has 0 aliphatic carbocycles. The number of nitrogens with zero attached hydrogens (tertiary/aromatic N) is 4. The molecule has 1 aliphatic rings. The second-order valence-corrected chi connectivity index (χ2v) is 8.96. The van der Waals surface area contributed by atoms with Crippen molar-refractivity contribution in [1.82, 2.24) is 14.9 Å². The van der Waals surface area contributed by atoms with Crippen molar-refractivity contribution in [2.45, 2.75) is 26.4 Å². The van der Waals surface area contributed by atoms with Gasteiger partial charge in [0.05, 0.1) is 0 Å². The van der Waals surface area contributed by atoms with Crippen LogP contribution in [0, 0.1) is 13.8 Å². The Morgan fingerprint density at radius 1 is 0.970 bits per heavy atom. The molecular weight excluding hydrogens is 436 g/mol. The SMILES string of the molecule is Cc1nc(C)c(Cc2ccc(Cl)cc2)c(N2CCN(CC(O)COc3ccccc3)CC2)n1.